The molecule has 0 aliphatic heterocycles. The van der Waals surface area contributed by atoms with Crippen molar-refractivity contribution in [2.45, 2.75) is 20.0 Å². The molecule has 0 radical (unpaired) electrons. The molecule has 1 aromatic rings. The van der Waals surface area contributed by atoms with Crippen LogP contribution in [0.3, 0.4) is 0 Å². The Kier molecular flexibility index (Phi) is 4.43. The van der Waals surface area contributed by atoms with E-state index in [-0.39, 0.29) is 6.10 Å². The van der Waals surface area contributed by atoms with Gasteiger partial charge in [0.25, 0.3) is 0 Å². The smallest absolute Gasteiger partial charge is 0.161 e. The second-order valence-corrected chi connectivity index (χ2v) is 3.51. The van der Waals surface area contributed by atoms with Crippen molar-refractivity contribution in [2.75, 3.05) is 20.8 Å². The minimum atomic E-state index is 0.0796. The van der Waals surface area contributed by atoms with Crippen LogP contribution in [0.2, 0.25) is 0 Å². The van der Waals surface area contributed by atoms with Gasteiger partial charge in [0.2, 0.25) is 0 Å². The van der Waals surface area contributed by atoms with Crippen molar-refractivity contribution in [3.63, 3.8) is 0 Å². The topological polar surface area (TPSA) is 27.7 Å². The maximum atomic E-state index is 5.59. The lowest BCUT2D eigenvalue weighted by Crippen LogP contribution is -2.16. The average Bonchev–Trinajstić information content (AvgIpc) is 2.26. The Morgan fingerprint density at radius 3 is 2.53 bits per heavy atom. The second kappa shape index (κ2) is 5.61. The molecule has 0 unspecified atom stereocenters. The van der Waals surface area contributed by atoms with E-state index in [9.17, 15) is 0 Å². The minimum absolute atomic E-state index is 0.0796. The molecule has 0 spiro atoms. The third-order valence-electron chi connectivity index (χ3n) is 2.20. The van der Waals surface area contributed by atoms with E-state index in [4.69, 9.17) is 14.2 Å². The Morgan fingerprint density at radius 1 is 1.20 bits per heavy atom. The van der Waals surface area contributed by atoms with Crippen molar-refractivity contribution in [2.24, 2.45) is 0 Å². The van der Waals surface area contributed by atoms with E-state index in [1.54, 1.807) is 14.2 Å². The zero-order valence-corrected chi connectivity index (χ0v) is 9.74. The summed E-state index contributed by atoms with van der Waals surface area (Å²) in [6.07, 6.45) is 0.0796. The molecule has 0 saturated heterocycles. The number of ether oxygens (including phenoxy) is 3. The van der Waals surface area contributed by atoms with Crippen molar-refractivity contribution in [1.82, 2.24) is 0 Å². The van der Waals surface area contributed by atoms with Crippen LogP contribution in [0.1, 0.15) is 12.5 Å². The number of benzene rings is 1. The first-order valence-corrected chi connectivity index (χ1v) is 4.97. The highest BCUT2D eigenvalue weighted by molar-refractivity contribution is 5.42. The van der Waals surface area contributed by atoms with Crippen molar-refractivity contribution in [1.29, 1.82) is 0 Å². The summed E-state index contributed by atoms with van der Waals surface area (Å²) in [6.45, 7) is 4.50. The summed E-state index contributed by atoms with van der Waals surface area (Å²) < 4.78 is 15.9. The van der Waals surface area contributed by atoms with Gasteiger partial charge in [-0.05, 0) is 31.5 Å². The molecule has 84 valence electrons. The largest absolute Gasteiger partial charge is 0.493 e. The summed E-state index contributed by atoms with van der Waals surface area (Å²) in [7, 11) is 3.31. The number of hydrogen-bond acceptors (Lipinski definition) is 3. The van der Waals surface area contributed by atoms with E-state index in [0.29, 0.717) is 6.61 Å². The molecule has 3 nitrogen and oxygen atoms in total. The molecule has 1 rings (SSSR count). The zero-order valence-electron chi connectivity index (χ0n) is 9.74. The van der Waals surface area contributed by atoms with Gasteiger partial charge in [-0.15, -0.1) is 0 Å². The molecule has 3 heteroatoms. The van der Waals surface area contributed by atoms with Gasteiger partial charge in [0.05, 0.1) is 13.2 Å². The molecule has 0 fully saturated rings. The number of rotatable bonds is 5. The van der Waals surface area contributed by atoms with E-state index in [2.05, 4.69) is 0 Å². The first kappa shape index (κ1) is 11.9. The van der Waals surface area contributed by atoms with Crippen molar-refractivity contribution in [3.05, 3.63) is 23.8 Å². The Hall–Kier alpha value is -1.22. The molecule has 0 aromatic heterocycles. The molecule has 0 bridgehead atoms. The average molecular weight is 210 g/mol. The highest BCUT2D eigenvalue weighted by Gasteiger charge is 2.06. The van der Waals surface area contributed by atoms with Crippen LogP contribution >= 0.6 is 0 Å². The van der Waals surface area contributed by atoms with E-state index in [1.165, 1.54) is 0 Å². The first-order chi connectivity index (χ1) is 7.17. The van der Waals surface area contributed by atoms with Crippen LogP contribution in [-0.4, -0.2) is 26.9 Å². The van der Waals surface area contributed by atoms with Gasteiger partial charge in [-0.3, -0.25) is 0 Å². The van der Waals surface area contributed by atoms with Crippen molar-refractivity contribution >= 4 is 0 Å². The van der Waals surface area contributed by atoms with Crippen LogP contribution in [-0.2, 0) is 4.74 Å². The normalized spacial score (nSPS) is 12.3. The van der Waals surface area contributed by atoms with Gasteiger partial charge in [-0.25, -0.2) is 0 Å². The van der Waals surface area contributed by atoms with Crippen molar-refractivity contribution in [3.8, 4) is 11.5 Å². The van der Waals surface area contributed by atoms with Gasteiger partial charge in [-0.2, -0.15) is 0 Å². The maximum absolute atomic E-state index is 5.59. The van der Waals surface area contributed by atoms with Crippen LogP contribution in [0, 0.1) is 6.92 Å². The fourth-order valence-electron chi connectivity index (χ4n) is 1.17. The van der Waals surface area contributed by atoms with Gasteiger partial charge in [0, 0.05) is 7.11 Å². The first-order valence-electron chi connectivity index (χ1n) is 4.97. The molecular weight excluding hydrogens is 192 g/mol. The molecule has 0 aliphatic carbocycles. The Bertz CT molecular complexity index is 310. The SMILES string of the molecule is COc1cc(C)ccc1OC[C@H](C)OC. The molecule has 0 saturated carbocycles. The molecule has 15 heavy (non-hydrogen) atoms. The number of hydrogen-bond donors (Lipinski definition) is 0. The molecule has 0 aliphatic rings. The quantitative estimate of drug-likeness (QED) is 0.747. The van der Waals surface area contributed by atoms with E-state index >= 15 is 0 Å². The lowest BCUT2D eigenvalue weighted by molar-refractivity contribution is 0.0706. The molecule has 0 N–H and O–H groups in total. The Morgan fingerprint density at radius 2 is 1.93 bits per heavy atom. The van der Waals surface area contributed by atoms with Gasteiger partial charge in [0.15, 0.2) is 11.5 Å². The zero-order chi connectivity index (χ0) is 11.3. The standard InChI is InChI=1S/C12H18O3/c1-9-5-6-11(12(7-9)14-4)15-8-10(2)13-3/h5-7,10H,8H2,1-4H3/t10-/m0/s1. The fourth-order valence-corrected chi connectivity index (χ4v) is 1.17. The van der Waals surface area contributed by atoms with Crippen LogP contribution in [0.4, 0.5) is 0 Å². The lowest BCUT2D eigenvalue weighted by atomic mass is 10.2. The monoisotopic (exact) mass is 210 g/mol. The second-order valence-electron chi connectivity index (χ2n) is 3.51. The van der Waals surface area contributed by atoms with Crippen LogP contribution in [0.25, 0.3) is 0 Å². The molecular formula is C12H18O3. The van der Waals surface area contributed by atoms with Crippen LogP contribution in [0.15, 0.2) is 18.2 Å². The fraction of sp³-hybridized carbons (Fsp3) is 0.500. The highest BCUT2D eigenvalue weighted by atomic mass is 16.5. The van der Waals surface area contributed by atoms with E-state index in [1.807, 2.05) is 32.0 Å². The predicted octanol–water partition coefficient (Wildman–Crippen LogP) is 2.42. The van der Waals surface area contributed by atoms with Crippen molar-refractivity contribution < 1.29 is 14.2 Å². The Labute approximate surface area is 91.0 Å². The highest BCUT2D eigenvalue weighted by Crippen LogP contribution is 2.27. The molecule has 0 amide bonds. The third-order valence-corrected chi connectivity index (χ3v) is 2.20. The summed E-state index contributed by atoms with van der Waals surface area (Å²) in [6, 6.07) is 5.86. The number of aryl methyl sites for hydroxylation is 1. The summed E-state index contributed by atoms with van der Waals surface area (Å²) in [5.41, 5.74) is 1.15. The maximum Gasteiger partial charge on any atom is 0.161 e. The van der Waals surface area contributed by atoms with Gasteiger partial charge in [-0.1, -0.05) is 6.07 Å². The predicted molar refractivity (Wildman–Crippen MR) is 59.7 cm³/mol. The van der Waals surface area contributed by atoms with E-state index < -0.39 is 0 Å². The van der Waals surface area contributed by atoms with Crippen LogP contribution < -0.4 is 9.47 Å². The summed E-state index contributed by atoms with van der Waals surface area (Å²) >= 11 is 0. The minimum Gasteiger partial charge on any atom is -0.493 e. The lowest BCUT2D eigenvalue weighted by Gasteiger charge is -2.14. The summed E-state index contributed by atoms with van der Waals surface area (Å²) in [5.74, 6) is 1.52. The van der Waals surface area contributed by atoms with Gasteiger partial charge < -0.3 is 14.2 Å². The molecule has 1 atom stereocenters. The van der Waals surface area contributed by atoms with E-state index in [0.717, 1.165) is 17.1 Å². The third kappa shape index (κ3) is 3.44. The van der Waals surface area contributed by atoms with Gasteiger partial charge in [0.1, 0.15) is 6.61 Å². The number of methoxy groups -OCH3 is 2. The Balaban J connectivity index is 2.67. The molecule has 1 aromatic carbocycles. The van der Waals surface area contributed by atoms with Gasteiger partial charge >= 0.3 is 0 Å². The summed E-state index contributed by atoms with van der Waals surface area (Å²) in [5, 5.41) is 0. The summed E-state index contributed by atoms with van der Waals surface area (Å²) in [4.78, 5) is 0. The molecule has 0 heterocycles. The van der Waals surface area contributed by atoms with Crippen LogP contribution in [0.5, 0.6) is 11.5 Å².